The summed E-state index contributed by atoms with van der Waals surface area (Å²) in [6.07, 6.45) is 6.58. The standard InChI is InChI=1S/C14H28N2O/c1-13-4-2-5-14(10-13,11-15)12-16-6-3-8-17-9-7-16/h13H,2-12,15H2,1H3. The Bertz CT molecular complexity index is 226. The molecule has 0 spiro atoms. The largest absolute Gasteiger partial charge is 0.380 e. The second kappa shape index (κ2) is 6.17. The Morgan fingerprint density at radius 2 is 2.18 bits per heavy atom. The van der Waals surface area contributed by atoms with Gasteiger partial charge in [-0.15, -0.1) is 0 Å². The molecule has 1 saturated carbocycles. The topological polar surface area (TPSA) is 38.5 Å². The Morgan fingerprint density at radius 3 is 2.94 bits per heavy atom. The molecule has 0 aromatic heterocycles. The molecule has 2 fully saturated rings. The first-order valence-electron chi connectivity index (χ1n) is 7.24. The first kappa shape index (κ1) is 13.3. The Kier molecular flexibility index (Phi) is 4.83. The predicted octanol–water partition coefficient (Wildman–Crippen LogP) is 1.86. The van der Waals surface area contributed by atoms with E-state index in [-0.39, 0.29) is 0 Å². The molecule has 1 saturated heterocycles. The van der Waals surface area contributed by atoms with Crippen molar-refractivity contribution in [2.45, 2.75) is 39.0 Å². The SMILES string of the molecule is CC1CCCC(CN)(CN2CCCOCC2)C1. The molecule has 1 aliphatic heterocycles. The van der Waals surface area contributed by atoms with Gasteiger partial charge in [-0.2, -0.15) is 0 Å². The molecule has 2 aliphatic rings. The summed E-state index contributed by atoms with van der Waals surface area (Å²) in [5, 5.41) is 0. The molecule has 2 atom stereocenters. The maximum atomic E-state index is 6.10. The van der Waals surface area contributed by atoms with E-state index in [1.165, 1.54) is 45.2 Å². The molecule has 0 amide bonds. The van der Waals surface area contributed by atoms with Crippen LogP contribution in [0.1, 0.15) is 39.0 Å². The average Bonchev–Trinajstić information content (AvgIpc) is 2.57. The van der Waals surface area contributed by atoms with Gasteiger partial charge in [0, 0.05) is 26.2 Å². The summed E-state index contributed by atoms with van der Waals surface area (Å²) >= 11 is 0. The van der Waals surface area contributed by atoms with Crippen LogP contribution in [0.15, 0.2) is 0 Å². The molecule has 2 N–H and O–H groups in total. The van der Waals surface area contributed by atoms with Crippen molar-refractivity contribution in [1.29, 1.82) is 0 Å². The van der Waals surface area contributed by atoms with Crippen LogP contribution < -0.4 is 5.73 Å². The van der Waals surface area contributed by atoms with Gasteiger partial charge in [0.1, 0.15) is 0 Å². The van der Waals surface area contributed by atoms with Crippen molar-refractivity contribution < 1.29 is 4.74 Å². The zero-order valence-corrected chi connectivity index (χ0v) is 11.3. The maximum absolute atomic E-state index is 6.10. The van der Waals surface area contributed by atoms with Crippen molar-refractivity contribution in [3.05, 3.63) is 0 Å². The molecule has 0 aromatic carbocycles. The van der Waals surface area contributed by atoms with E-state index >= 15 is 0 Å². The Morgan fingerprint density at radius 1 is 1.29 bits per heavy atom. The highest BCUT2D eigenvalue weighted by Crippen LogP contribution is 2.39. The minimum atomic E-state index is 0.391. The van der Waals surface area contributed by atoms with E-state index in [4.69, 9.17) is 10.5 Å². The Balaban J connectivity index is 1.92. The van der Waals surface area contributed by atoms with Gasteiger partial charge >= 0.3 is 0 Å². The summed E-state index contributed by atoms with van der Waals surface area (Å²) in [6.45, 7) is 8.55. The number of nitrogens with zero attached hydrogens (tertiary/aromatic N) is 1. The van der Waals surface area contributed by atoms with E-state index in [2.05, 4.69) is 11.8 Å². The van der Waals surface area contributed by atoms with Crippen molar-refractivity contribution in [2.24, 2.45) is 17.1 Å². The monoisotopic (exact) mass is 240 g/mol. The number of nitrogens with two attached hydrogens (primary N) is 1. The zero-order chi connectivity index (χ0) is 12.1. The molecule has 1 aliphatic carbocycles. The lowest BCUT2D eigenvalue weighted by molar-refractivity contribution is 0.0829. The van der Waals surface area contributed by atoms with Crippen molar-refractivity contribution in [2.75, 3.05) is 39.4 Å². The molecule has 2 unspecified atom stereocenters. The third-order valence-corrected chi connectivity index (χ3v) is 4.49. The maximum Gasteiger partial charge on any atom is 0.0593 e. The molecule has 0 bridgehead atoms. The lowest BCUT2D eigenvalue weighted by atomic mass is 9.69. The van der Waals surface area contributed by atoms with Crippen LogP contribution in [0, 0.1) is 11.3 Å². The Hall–Kier alpha value is -0.120. The zero-order valence-electron chi connectivity index (χ0n) is 11.3. The fourth-order valence-corrected chi connectivity index (χ4v) is 3.59. The van der Waals surface area contributed by atoms with Gasteiger partial charge in [0.25, 0.3) is 0 Å². The van der Waals surface area contributed by atoms with Gasteiger partial charge in [0.2, 0.25) is 0 Å². The second-order valence-electron chi connectivity index (χ2n) is 6.15. The van der Waals surface area contributed by atoms with E-state index in [9.17, 15) is 0 Å². The van der Waals surface area contributed by atoms with E-state index in [1.54, 1.807) is 0 Å². The van der Waals surface area contributed by atoms with E-state index in [1.807, 2.05) is 0 Å². The molecule has 0 aromatic rings. The smallest absolute Gasteiger partial charge is 0.0593 e. The fourth-order valence-electron chi connectivity index (χ4n) is 3.59. The normalized spacial score (nSPS) is 36.7. The van der Waals surface area contributed by atoms with Crippen molar-refractivity contribution in [1.82, 2.24) is 4.90 Å². The summed E-state index contributed by atoms with van der Waals surface area (Å²) in [5.41, 5.74) is 6.49. The summed E-state index contributed by atoms with van der Waals surface area (Å²) in [4.78, 5) is 2.58. The van der Waals surface area contributed by atoms with E-state index < -0.39 is 0 Å². The fraction of sp³-hybridized carbons (Fsp3) is 1.00. The molecule has 100 valence electrons. The second-order valence-corrected chi connectivity index (χ2v) is 6.15. The molecule has 1 heterocycles. The first-order chi connectivity index (χ1) is 8.24. The molecule has 0 radical (unpaired) electrons. The van der Waals surface area contributed by atoms with Gasteiger partial charge in [-0.05, 0) is 37.1 Å². The van der Waals surface area contributed by atoms with Gasteiger partial charge in [-0.25, -0.2) is 0 Å². The molecule has 17 heavy (non-hydrogen) atoms. The third-order valence-electron chi connectivity index (χ3n) is 4.49. The van der Waals surface area contributed by atoms with E-state index in [0.717, 1.165) is 32.2 Å². The summed E-state index contributed by atoms with van der Waals surface area (Å²) in [6, 6.07) is 0. The minimum absolute atomic E-state index is 0.391. The molecule has 3 nitrogen and oxygen atoms in total. The van der Waals surface area contributed by atoms with Crippen molar-refractivity contribution in [3.63, 3.8) is 0 Å². The summed E-state index contributed by atoms with van der Waals surface area (Å²) < 4.78 is 5.53. The van der Waals surface area contributed by atoms with Gasteiger partial charge in [-0.3, -0.25) is 0 Å². The molecule has 2 rings (SSSR count). The van der Waals surface area contributed by atoms with Crippen molar-refractivity contribution in [3.8, 4) is 0 Å². The molecular weight excluding hydrogens is 212 g/mol. The average molecular weight is 240 g/mol. The lowest BCUT2D eigenvalue weighted by Gasteiger charge is -2.42. The van der Waals surface area contributed by atoms with Crippen LogP contribution in [0.5, 0.6) is 0 Å². The third kappa shape index (κ3) is 3.67. The van der Waals surface area contributed by atoms with Gasteiger partial charge < -0.3 is 15.4 Å². The number of rotatable bonds is 3. The van der Waals surface area contributed by atoms with Crippen LogP contribution in [-0.2, 0) is 4.74 Å². The van der Waals surface area contributed by atoms with Crippen LogP contribution in [0.4, 0.5) is 0 Å². The van der Waals surface area contributed by atoms with Crippen LogP contribution in [0.25, 0.3) is 0 Å². The van der Waals surface area contributed by atoms with Crippen LogP contribution >= 0.6 is 0 Å². The van der Waals surface area contributed by atoms with Crippen LogP contribution in [0.3, 0.4) is 0 Å². The minimum Gasteiger partial charge on any atom is -0.380 e. The first-order valence-corrected chi connectivity index (χ1v) is 7.24. The highest BCUT2D eigenvalue weighted by Gasteiger charge is 2.35. The number of ether oxygens (including phenoxy) is 1. The quantitative estimate of drug-likeness (QED) is 0.818. The molecule has 3 heteroatoms. The predicted molar refractivity (Wildman–Crippen MR) is 71.0 cm³/mol. The van der Waals surface area contributed by atoms with E-state index in [0.29, 0.717) is 5.41 Å². The van der Waals surface area contributed by atoms with Crippen LogP contribution in [0.2, 0.25) is 0 Å². The highest BCUT2D eigenvalue weighted by atomic mass is 16.5. The molecular formula is C14H28N2O. The van der Waals surface area contributed by atoms with Gasteiger partial charge in [0.05, 0.1) is 6.61 Å². The van der Waals surface area contributed by atoms with Gasteiger partial charge in [-0.1, -0.05) is 19.8 Å². The summed E-state index contributed by atoms with van der Waals surface area (Å²) in [5.74, 6) is 0.857. The highest BCUT2D eigenvalue weighted by molar-refractivity contribution is 4.89. The van der Waals surface area contributed by atoms with Crippen LogP contribution in [-0.4, -0.2) is 44.3 Å². The number of hydrogen-bond acceptors (Lipinski definition) is 3. The lowest BCUT2D eigenvalue weighted by Crippen LogP contribution is -2.46. The Labute approximate surface area is 106 Å². The van der Waals surface area contributed by atoms with Crippen molar-refractivity contribution >= 4 is 0 Å². The van der Waals surface area contributed by atoms with Gasteiger partial charge in [0.15, 0.2) is 0 Å². The summed E-state index contributed by atoms with van der Waals surface area (Å²) in [7, 11) is 0. The number of hydrogen-bond donors (Lipinski definition) is 1.